The Morgan fingerprint density at radius 1 is 0.939 bits per heavy atom. The minimum Gasteiger partial charge on any atom is -0.393 e. The number of aliphatic hydroxyl groups excluding tert-OH is 2. The van der Waals surface area contributed by atoms with Crippen LogP contribution in [0.4, 0.5) is 0 Å². The average molecular weight is 465 g/mol. The van der Waals surface area contributed by atoms with Crippen molar-refractivity contribution in [2.45, 2.75) is 149 Å². The van der Waals surface area contributed by atoms with Gasteiger partial charge in [0.05, 0.1) is 17.8 Å². The van der Waals surface area contributed by atoms with Crippen molar-refractivity contribution in [1.29, 1.82) is 0 Å². The van der Waals surface area contributed by atoms with Crippen LogP contribution in [-0.2, 0) is 0 Å². The van der Waals surface area contributed by atoms with Crippen LogP contribution in [0.15, 0.2) is 0 Å². The smallest absolute Gasteiger partial charge is 0.0591 e. The van der Waals surface area contributed by atoms with Crippen LogP contribution < -0.4 is 0 Å². The third-order valence-electron chi connectivity index (χ3n) is 10.4. The molecule has 0 radical (unpaired) electrons. The van der Waals surface area contributed by atoms with Crippen molar-refractivity contribution < 1.29 is 15.3 Å². The summed E-state index contributed by atoms with van der Waals surface area (Å²) in [5.41, 5.74) is -0.0579. The molecule has 33 heavy (non-hydrogen) atoms. The van der Waals surface area contributed by atoms with Gasteiger partial charge in [-0.25, -0.2) is 0 Å². The molecule has 0 aromatic carbocycles. The fourth-order valence-corrected chi connectivity index (χ4v) is 8.70. The first-order chi connectivity index (χ1) is 15.5. The monoisotopic (exact) mass is 464 g/mol. The standard InChI is InChI=1S/C30H56O3/c1-6-7-10-23-15-17-30(5)27(21(2)9-8-16-29(3,4)33)13-14-28(30)26(23)12-11-22-18-24(31)20-25(32)19-22/h21-28,31-33H,6-20H2,1-5H3/t21-,23-,24-,25-,26?,27-,28+,30-/m1/s1. The lowest BCUT2D eigenvalue weighted by Crippen LogP contribution is -2.43. The first kappa shape index (κ1) is 27.5. The van der Waals surface area contributed by atoms with E-state index in [1.54, 1.807) is 0 Å². The van der Waals surface area contributed by atoms with E-state index in [2.05, 4.69) is 20.8 Å². The molecule has 0 bridgehead atoms. The highest BCUT2D eigenvalue weighted by Gasteiger charge is 2.54. The summed E-state index contributed by atoms with van der Waals surface area (Å²) in [6.07, 6.45) is 17.2. The van der Waals surface area contributed by atoms with Crippen molar-refractivity contribution in [1.82, 2.24) is 0 Å². The molecule has 0 aromatic heterocycles. The van der Waals surface area contributed by atoms with Crippen LogP contribution in [0.25, 0.3) is 0 Å². The van der Waals surface area contributed by atoms with E-state index in [9.17, 15) is 15.3 Å². The molecule has 0 spiro atoms. The molecule has 3 fully saturated rings. The highest BCUT2D eigenvalue weighted by molar-refractivity contribution is 5.03. The number of hydrogen-bond donors (Lipinski definition) is 3. The molecular weight excluding hydrogens is 408 g/mol. The Kier molecular flexibility index (Phi) is 9.77. The second-order valence-electron chi connectivity index (χ2n) is 13.5. The van der Waals surface area contributed by atoms with Gasteiger partial charge < -0.3 is 15.3 Å². The molecule has 3 N–H and O–H groups in total. The van der Waals surface area contributed by atoms with Crippen molar-refractivity contribution in [3.05, 3.63) is 0 Å². The van der Waals surface area contributed by atoms with Crippen LogP contribution in [0.5, 0.6) is 0 Å². The summed E-state index contributed by atoms with van der Waals surface area (Å²) in [6, 6.07) is 0. The second kappa shape index (κ2) is 11.7. The molecule has 0 heterocycles. The lowest BCUT2D eigenvalue weighted by Gasteiger charge is -2.51. The first-order valence-electron chi connectivity index (χ1n) is 14.6. The molecule has 194 valence electrons. The van der Waals surface area contributed by atoms with Gasteiger partial charge in [-0.1, -0.05) is 52.9 Å². The van der Waals surface area contributed by atoms with Crippen molar-refractivity contribution in [2.24, 2.45) is 40.9 Å². The predicted molar refractivity (Wildman–Crippen MR) is 138 cm³/mol. The van der Waals surface area contributed by atoms with Crippen LogP contribution in [0.2, 0.25) is 0 Å². The minimum atomic E-state index is -0.537. The van der Waals surface area contributed by atoms with Gasteiger partial charge >= 0.3 is 0 Å². The largest absolute Gasteiger partial charge is 0.393 e. The van der Waals surface area contributed by atoms with Gasteiger partial charge in [0, 0.05) is 0 Å². The highest BCUT2D eigenvalue weighted by atomic mass is 16.3. The van der Waals surface area contributed by atoms with Crippen LogP contribution in [0.1, 0.15) is 131 Å². The van der Waals surface area contributed by atoms with Crippen molar-refractivity contribution in [3.63, 3.8) is 0 Å². The molecule has 0 amide bonds. The van der Waals surface area contributed by atoms with Crippen LogP contribution in [0, 0.1) is 40.9 Å². The van der Waals surface area contributed by atoms with Crippen LogP contribution in [0.3, 0.4) is 0 Å². The van der Waals surface area contributed by atoms with E-state index in [1.807, 2.05) is 13.8 Å². The van der Waals surface area contributed by atoms with Gasteiger partial charge in [-0.3, -0.25) is 0 Å². The molecule has 3 aliphatic rings. The molecule has 0 aromatic rings. The van der Waals surface area contributed by atoms with E-state index in [0.717, 1.165) is 55.3 Å². The summed E-state index contributed by atoms with van der Waals surface area (Å²) in [5, 5.41) is 30.5. The Balaban J connectivity index is 1.65. The van der Waals surface area contributed by atoms with E-state index in [0.29, 0.717) is 17.8 Å². The summed E-state index contributed by atoms with van der Waals surface area (Å²) in [4.78, 5) is 0. The Bertz CT molecular complexity index is 574. The Morgan fingerprint density at radius 2 is 1.64 bits per heavy atom. The fraction of sp³-hybridized carbons (Fsp3) is 1.00. The number of hydrogen-bond acceptors (Lipinski definition) is 3. The van der Waals surface area contributed by atoms with Gasteiger partial charge in [-0.2, -0.15) is 0 Å². The van der Waals surface area contributed by atoms with E-state index in [1.165, 1.54) is 64.2 Å². The van der Waals surface area contributed by atoms with E-state index < -0.39 is 5.60 Å². The van der Waals surface area contributed by atoms with Gasteiger partial charge in [0.1, 0.15) is 0 Å². The fourth-order valence-electron chi connectivity index (χ4n) is 8.70. The van der Waals surface area contributed by atoms with Gasteiger partial charge in [0.2, 0.25) is 0 Å². The Morgan fingerprint density at radius 3 is 2.27 bits per heavy atom. The number of unbranched alkanes of at least 4 members (excludes halogenated alkanes) is 1. The zero-order chi connectivity index (χ0) is 24.2. The first-order valence-corrected chi connectivity index (χ1v) is 14.6. The average Bonchev–Trinajstić information content (AvgIpc) is 3.06. The maximum atomic E-state index is 10.2. The highest BCUT2D eigenvalue weighted by Crippen LogP contribution is 2.62. The lowest BCUT2D eigenvalue weighted by atomic mass is 9.54. The molecule has 3 heteroatoms. The minimum absolute atomic E-state index is 0.299. The van der Waals surface area contributed by atoms with Crippen molar-refractivity contribution in [3.8, 4) is 0 Å². The molecule has 3 nitrogen and oxygen atoms in total. The molecule has 1 unspecified atom stereocenters. The zero-order valence-corrected chi connectivity index (χ0v) is 22.6. The van der Waals surface area contributed by atoms with E-state index >= 15 is 0 Å². The van der Waals surface area contributed by atoms with Crippen molar-refractivity contribution >= 4 is 0 Å². The molecule has 0 aliphatic heterocycles. The van der Waals surface area contributed by atoms with Gasteiger partial charge in [0.25, 0.3) is 0 Å². The van der Waals surface area contributed by atoms with Crippen molar-refractivity contribution in [2.75, 3.05) is 0 Å². The summed E-state index contributed by atoms with van der Waals surface area (Å²) in [5.74, 6) is 4.65. The van der Waals surface area contributed by atoms with Crippen LogP contribution in [-0.4, -0.2) is 33.1 Å². The number of fused-ring (bicyclic) bond motifs is 1. The maximum absolute atomic E-state index is 10.2. The van der Waals surface area contributed by atoms with E-state index in [4.69, 9.17) is 0 Å². The third-order valence-corrected chi connectivity index (χ3v) is 10.4. The molecule has 3 aliphatic carbocycles. The molecular formula is C30H56O3. The number of rotatable bonds is 11. The second-order valence-corrected chi connectivity index (χ2v) is 13.5. The maximum Gasteiger partial charge on any atom is 0.0591 e. The molecule has 3 saturated carbocycles. The van der Waals surface area contributed by atoms with Gasteiger partial charge in [-0.05, 0) is 119 Å². The topological polar surface area (TPSA) is 60.7 Å². The lowest BCUT2D eigenvalue weighted by molar-refractivity contribution is -0.0215. The summed E-state index contributed by atoms with van der Waals surface area (Å²) >= 11 is 0. The predicted octanol–water partition coefficient (Wildman–Crippen LogP) is 7.11. The molecule has 3 rings (SSSR count). The van der Waals surface area contributed by atoms with Gasteiger partial charge in [0.15, 0.2) is 0 Å². The third kappa shape index (κ3) is 7.20. The molecule has 0 saturated heterocycles. The van der Waals surface area contributed by atoms with Crippen LogP contribution >= 0.6 is 0 Å². The number of aliphatic hydroxyl groups is 3. The summed E-state index contributed by atoms with van der Waals surface area (Å²) in [6.45, 7) is 11.3. The Hall–Kier alpha value is -0.120. The normalized spacial score (nSPS) is 40.5. The SMILES string of the molecule is CCCC[C@@H]1CC[C@]2(C)[C@@H]([C@H](C)CCCC(C)(C)O)CC[C@H]2C1CCC1C[C@@H](O)C[C@H](O)C1. The zero-order valence-electron chi connectivity index (χ0n) is 22.6. The summed E-state index contributed by atoms with van der Waals surface area (Å²) < 4.78 is 0. The van der Waals surface area contributed by atoms with Gasteiger partial charge in [-0.15, -0.1) is 0 Å². The van der Waals surface area contributed by atoms with E-state index in [-0.39, 0.29) is 12.2 Å². The Labute approximate surface area is 205 Å². The molecule has 8 atom stereocenters. The summed E-state index contributed by atoms with van der Waals surface area (Å²) in [7, 11) is 0. The quantitative estimate of drug-likeness (QED) is 0.305.